The quantitative estimate of drug-likeness (QED) is 0.603. The van der Waals surface area contributed by atoms with Gasteiger partial charge in [-0.25, -0.2) is 0 Å². The molecule has 0 fully saturated rings. The summed E-state index contributed by atoms with van der Waals surface area (Å²) in [6, 6.07) is 0. The van der Waals surface area contributed by atoms with E-state index in [1.165, 1.54) is 11.9 Å². The van der Waals surface area contributed by atoms with Gasteiger partial charge in [-0.15, -0.1) is 0 Å². The predicted molar refractivity (Wildman–Crippen MR) is 36.0 cm³/mol. The number of hydrogen-bond acceptors (Lipinski definition) is 4. The highest BCUT2D eigenvalue weighted by Crippen LogP contribution is 2.20. The molecule has 0 aliphatic heterocycles. The summed E-state index contributed by atoms with van der Waals surface area (Å²) in [5.74, 6) is 0.792. The molecule has 50 valence electrons. The van der Waals surface area contributed by atoms with E-state index in [9.17, 15) is 0 Å². The van der Waals surface area contributed by atoms with Gasteiger partial charge in [0.05, 0.1) is 10.6 Å². The smallest absolute Gasteiger partial charge is 0.148 e. The number of rotatable bonds is 1. The van der Waals surface area contributed by atoms with E-state index in [2.05, 4.69) is 5.16 Å². The van der Waals surface area contributed by atoms with E-state index in [1.54, 1.807) is 0 Å². The molecule has 0 bridgehead atoms. The minimum absolute atomic E-state index is 0.792. The molecule has 1 heterocycles. The van der Waals surface area contributed by atoms with Crippen LogP contribution in [-0.4, -0.2) is 5.16 Å². The Morgan fingerprint density at radius 1 is 1.56 bits per heavy atom. The minimum atomic E-state index is 0.792. The van der Waals surface area contributed by atoms with Gasteiger partial charge in [0, 0.05) is 0 Å². The summed E-state index contributed by atoms with van der Waals surface area (Å²) >= 11 is 1.17. The monoisotopic (exact) mass is 144 g/mol. The van der Waals surface area contributed by atoms with E-state index < -0.39 is 0 Å². The summed E-state index contributed by atoms with van der Waals surface area (Å²) in [6.45, 7) is 3.71. The first-order chi connectivity index (χ1) is 4.25. The molecule has 0 saturated heterocycles. The molecular weight excluding hydrogens is 136 g/mol. The molecule has 0 aromatic carbocycles. The highest BCUT2D eigenvalue weighted by atomic mass is 32.2. The second kappa shape index (κ2) is 2.41. The second-order valence-corrected chi connectivity index (χ2v) is 2.42. The highest BCUT2D eigenvalue weighted by molar-refractivity contribution is 7.97. The number of aryl methyl sites for hydroxylation is 2. The Balaban J connectivity index is 3.07. The van der Waals surface area contributed by atoms with Gasteiger partial charge in [-0.1, -0.05) is 5.16 Å². The Morgan fingerprint density at radius 3 is 2.44 bits per heavy atom. The van der Waals surface area contributed by atoms with Crippen molar-refractivity contribution in [3.63, 3.8) is 0 Å². The van der Waals surface area contributed by atoms with Gasteiger partial charge >= 0.3 is 0 Å². The third-order valence-corrected chi connectivity index (χ3v) is 1.90. The fraction of sp³-hybridized carbons (Fsp3) is 0.400. The third-order valence-electron chi connectivity index (χ3n) is 1.09. The van der Waals surface area contributed by atoms with E-state index in [0.717, 1.165) is 16.3 Å². The lowest BCUT2D eigenvalue weighted by Gasteiger charge is -1.87. The van der Waals surface area contributed by atoms with Crippen LogP contribution in [0.1, 0.15) is 11.5 Å². The molecule has 0 atom stereocenters. The van der Waals surface area contributed by atoms with Crippen LogP contribution in [0.15, 0.2) is 9.42 Å². The Bertz CT molecular complexity index is 189. The standard InChI is InChI=1S/C5H8N2OS/c1-3-5(9-6)4(2)8-7-3/h6H2,1-2H3. The van der Waals surface area contributed by atoms with Crippen LogP contribution in [0.3, 0.4) is 0 Å². The van der Waals surface area contributed by atoms with Gasteiger partial charge in [0.15, 0.2) is 0 Å². The molecule has 1 rings (SSSR count). The Labute approximate surface area is 57.7 Å². The van der Waals surface area contributed by atoms with Crippen LogP contribution >= 0.6 is 11.9 Å². The molecule has 1 aromatic heterocycles. The number of aromatic nitrogens is 1. The molecule has 0 radical (unpaired) electrons. The lowest BCUT2D eigenvalue weighted by Crippen LogP contribution is -1.81. The molecule has 0 amide bonds. The molecule has 0 unspecified atom stereocenters. The van der Waals surface area contributed by atoms with Gasteiger partial charge in [-0.05, 0) is 25.8 Å². The van der Waals surface area contributed by atoms with Crippen molar-refractivity contribution >= 4 is 11.9 Å². The second-order valence-electron chi connectivity index (χ2n) is 1.77. The molecule has 1 aromatic rings. The van der Waals surface area contributed by atoms with E-state index >= 15 is 0 Å². The summed E-state index contributed by atoms with van der Waals surface area (Å²) in [6.07, 6.45) is 0. The molecule has 4 heteroatoms. The summed E-state index contributed by atoms with van der Waals surface area (Å²) in [7, 11) is 0. The fourth-order valence-electron chi connectivity index (χ4n) is 0.643. The largest absolute Gasteiger partial charge is 0.360 e. The van der Waals surface area contributed by atoms with E-state index in [0.29, 0.717) is 0 Å². The van der Waals surface area contributed by atoms with Crippen molar-refractivity contribution in [3.8, 4) is 0 Å². The molecule has 0 saturated carbocycles. The zero-order chi connectivity index (χ0) is 6.85. The van der Waals surface area contributed by atoms with Gasteiger partial charge in [-0.3, -0.25) is 5.14 Å². The van der Waals surface area contributed by atoms with Crippen LogP contribution in [0.2, 0.25) is 0 Å². The molecule has 0 aliphatic rings. The first-order valence-corrected chi connectivity index (χ1v) is 3.43. The van der Waals surface area contributed by atoms with Crippen LogP contribution in [0.5, 0.6) is 0 Å². The normalized spacial score (nSPS) is 10.1. The lowest BCUT2D eigenvalue weighted by atomic mass is 10.4. The number of nitrogens with zero attached hydrogens (tertiary/aromatic N) is 1. The maximum atomic E-state index is 5.31. The Kier molecular flexibility index (Phi) is 1.78. The number of hydrogen-bond donors (Lipinski definition) is 1. The molecular formula is C5H8N2OS. The van der Waals surface area contributed by atoms with Crippen molar-refractivity contribution in [3.05, 3.63) is 11.5 Å². The Morgan fingerprint density at radius 2 is 2.22 bits per heavy atom. The predicted octanol–water partition coefficient (Wildman–Crippen LogP) is 1.26. The van der Waals surface area contributed by atoms with Gasteiger partial charge in [0.25, 0.3) is 0 Å². The van der Waals surface area contributed by atoms with Gasteiger partial charge in [0.2, 0.25) is 0 Å². The van der Waals surface area contributed by atoms with Crippen molar-refractivity contribution in [2.45, 2.75) is 18.7 Å². The van der Waals surface area contributed by atoms with Gasteiger partial charge in [0.1, 0.15) is 5.76 Å². The maximum Gasteiger partial charge on any atom is 0.148 e. The van der Waals surface area contributed by atoms with Crippen molar-refractivity contribution < 1.29 is 4.52 Å². The maximum absolute atomic E-state index is 5.31. The van der Waals surface area contributed by atoms with E-state index in [4.69, 9.17) is 9.66 Å². The van der Waals surface area contributed by atoms with Crippen LogP contribution in [0.4, 0.5) is 0 Å². The van der Waals surface area contributed by atoms with Crippen LogP contribution in [0, 0.1) is 13.8 Å². The van der Waals surface area contributed by atoms with E-state index in [1.807, 2.05) is 13.8 Å². The summed E-state index contributed by atoms with van der Waals surface area (Å²) in [4.78, 5) is 0.940. The SMILES string of the molecule is Cc1noc(C)c1SN. The van der Waals surface area contributed by atoms with Crippen molar-refractivity contribution in [1.29, 1.82) is 0 Å². The highest BCUT2D eigenvalue weighted by Gasteiger charge is 2.05. The third kappa shape index (κ3) is 1.09. The summed E-state index contributed by atoms with van der Waals surface area (Å²) in [5, 5.41) is 9.02. The van der Waals surface area contributed by atoms with Gasteiger partial charge in [-0.2, -0.15) is 0 Å². The topological polar surface area (TPSA) is 52.0 Å². The first-order valence-electron chi connectivity index (χ1n) is 2.55. The Hall–Kier alpha value is -0.480. The average Bonchev–Trinajstić information content (AvgIpc) is 2.12. The van der Waals surface area contributed by atoms with Crippen LogP contribution < -0.4 is 5.14 Å². The van der Waals surface area contributed by atoms with Gasteiger partial charge < -0.3 is 4.52 Å². The van der Waals surface area contributed by atoms with Crippen molar-refractivity contribution in [2.24, 2.45) is 5.14 Å². The molecule has 0 spiro atoms. The fourth-order valence-corrected chi connectivity index (χ4v) is 1.05. The molecule has 2 N–H and O–H groups in total. The first kappa shape index (κ1) is 6.64. The van der Waals surface area contributed by atoms with Crippen molar-refractivity contribution in [1.82, 2.24) is 5.16 Å². The van der Waals surface area contributed by atoms with Crippen LogP contribution in [0.25, 0.3) is 0 Å². The molecule has 3 nitrogen and oxygen atoms in total. The summed E-state index contributed by atoms with van der Waals surface area (Å²) < 4.78 is 4.84. The lowest BCUT2D eigenvalue weighted by molar-refractivity contribution is 0.391. The zero-order valence-electron chi connectivity index (χ0n) is 5.34. The summed E-state index contributed by atoms with van der Waals surface area (Å²) in [5.41, 5.74) is 0.861. The van der Waals surface area contributed by atoms with Crippen LogP contribution in [-0.2, 0) is 0 Å². The zero-order valence-corrected chi connectivity index (χ0v) is 6.16. The minimum Gasteiger partial charge on any atom is -0.360 e. The van der Waals surface area contributed by atoms with Crippen molar-refractivity contribution in [2.75, 3.05) is 0 Å². The molecule has 0 aliphatic carbocycles. The van der Waals surface area contributed by atoms with E-state index in [-0.39, 0.29) is 0 Å². The average molecular weight is 144 g/mol. The molecule has 9 heavy (non-hydrogen) atoms. The number of nitrogens with two attached hydrogens (primary N) is 1.